The van der Waals surface area contributed by atoms with Crippen molar-refractivity contribution in [2.75, 3.05) is 0 Å². The van der Waals surface area contributed by atoms with E-state index >= 15 is 0 Å². The minimum atomic E-state index is 0.870. The summed E-state index contributed by atoms with van der Waals surface area (Å²) in [6.45, 7) is 11.7. The molecule has 1 atom stereocenters. The molecule has 0 fully saturated rings. The summed E-state index contributed by atoms with van der Waals surface area (Å²) in [5.41, 5.74) is 0. The van der Waals surface area contributed by atoms with Gasteiger partial charge in [-0.15, -0.1) is 0 Å². The van der Waals surface area contributed by atoms with Crippen molar-refractivity contribution in [1.82, 2.24) is 0 Å². The number of hydrogen-bond acceptors (Lipinski definition) is 0. The Morgan fingerprint density at radius 1 is 1.00 bits per heavy atom. The summed E-state index contributed by atoms with van der Waals surface area (Å²) in [6.07, 6.45) is 5.61. The van der Waals surface area contributed by atoms with Gasteiger partial charge in [-0.05, 0) is 24.2 Å². The van der Waals surface area contributed by atoms with Gasteiger partial charge in [0.05, 0.1) is 0 Å². The maximum atomic E-state index is 2.36. The van der Waals surface area contributed by atoms with Gasteiger partial charge in [0, 0.05) is 0 Å². The maximum absolute atomic E-state index is 2.36. The summed E-state index contributed by atoms with van der Waals surface area (Å²) in [5, 5.41) is 0. The van der Waals surface area contributed by atoms with Crippen molar-refractivity contribution >= 4 is 0 Å². The highest BCUT2D eigenvalue weighted by Gasteiger charge is 2.13. The molecule has 0 amide bonds. The molecule has 0 spiro atoms. The van der Waals surface area contributed by atoms with Crippen LogP contribution in [0.4, 0.5) is 0 Å². The largest absolute Gasteiger partial charge is 0.0654 e. The van der Waals surface area contributed by atoms with Gasteiger partial charge in [0.1, 0.15) is 0 Å². The monoisotopic (exact) mass is 170 g/mol. The molecule has 0 nitrogen and oxygen atoms in total. The Morgan fingerprint density at radius 3 is 1.92 bits per heavy atom. The lowest BCUT2D eigenvalue weighted by Gasteiger charge is -2.22. The lowest BCUT2D eigenvalue weighted by Crippen LogP contribution is -2.11. The van der Waals surface area contributed by atoms with Crippen LogP contribution in [0.1, 0.15) is 60.3 Å². The predicted octanol–water partition coefficient (Wildman–Crippen LogP) is 4.49. The Balaban J connectivity index is 3.70. The first-order chi connectivity index (χ1) is 5.57. The molecule has 0 aliphatic heterocycles. The van der Waals surface area contributed by atoms with Gasteiger partial charge in [-0.3, -0.25) is 0 Å². The molecule has 0 aromatic carbocycles. The van der Waals surface area contributed by atoms with Crippen molar-refractivity contribution in [3.05, 3.63) is 0 Å². The molecule has 12 heavy (non-hydrogen) atoms. The van der Waals surface area contributed by atoms with E-state index in [4.69, 9.17) is 0 Å². The fourth-order valence-corrected chi connectivity index (χ4v) is 1.80. The van der Waals surface area contributed by atoms with Crippen LogP contribution in [0.5, 0.6) is 0 Å². The first-order valence-corrected chi connectivity index (χ1v) is 5.57. The van der Waals surface area contributed by atoms with Gasteiger partial charge < -0.3 is 0 Å². The summed E-state index contributed by atoms with van der Waals surface area (Å²) in [5.74, 6) is 2.71. The molecule has 0 N–H and O–H groups in total. The minimum absolute atomic E-state index is 0.870. The molecular formula is C12H26. The van der Waals surface area contributed by atoms with Crippen molar-refractivity contribution in [1.29, 1.82) is 0 Å². The topological polar surface area (TPSA) is 0 Å². The zero-order chi connectivity index (χ0) is 9.56. The normalized spacial score (nSPS) is 14.2. The number of rotatable bonds is 6. The van der Waals surface area contributed by atoms with E-state index in [1.54, 1.807) is 0 Å². The standard InChI is InChI=1S/C12H26/c1-6-7-8-12(11(4)5)9-10(2)3/h10-12H,6-9H2,1-5H3. The fraction of sp³-hybridized carbons (Fsp3) is 1.00. The van der Waals surface area contributed by atoms with E-state index in [9.17, 15) is 0 Å². The first-order valence-electron chi connectivity index (χ1n) is 5.57. The van der Waals surface area contributed by atoms with Gasteiger partial charge in [-0.25, -0.2) is 0 Å². The van der Waals surface area contributed by atoms with Crippen LogP contribution >= 0.6 is 0 Å². The summed E-state index contributed by atoms with van der Waals surface area (Å²) in [4.78, 5) is 0. The average molecular weight is 170 g/mol. The fourth-order valence-electron chi connectivity index (χ4n) is 1.80. The third-order valence-corrected chi connectivity index (χ3v) is 2.65. The molecule has 0 aliphatic carbocycles. The lowest BCUT2D eigenvalue weighted by molar-refractivity contribution is 0.292. The van der Waals surface area contributed by atoms with Gasteiger partial charge in [0.2, 0.25) is 0 Å². The second kappa shape index (κ2) is 6.51. The minimum Gasteiger partial charge on any atom is -0.0654 e. The highest BCUT2D eigenvalue weighted by atomic mass is 14.2. The molecule has 0 bridgehead atoms. The van der Waals surface area contributed by atoms with Crippen LogP contribution < -0.4 is 0 Å². The van der Waals surface area contributed by atoms with Crippen molar-refractivity contribution in [2.45, 2.75) is 60.3 Å². The second-order valence-corrected chi connectivity index (χ2v) is 4.78. The lowest BCUT2D eigenvalue weighted by atomic mass is 9.84. The van der Waals surface area contributed by atoms with Crippen molar-refractivity contribution in [2.24, 2.45) is 17.8 Å². The molecule has 0 radical (unpaired) electrons. The maximum Gasteiger partial charge on any atom is -0.0389 e. The van der Waals surface area contributed by atoms with Crippen molar-refractivity contribution in [3.63, 3.8) is 0 Å². The van der Waals surface area contributed by atoms with Crippen LogP contribution in [-0.4, -0.2) is 0 Å². The summed E-state index contributed by atoms with van der Waals surface area (Å²) < 4.78 is 0. The Bertz CT molecular complexity index is 92.2. The summed E-state index contributed by atoms with van der Waals surface area (Å²) in [6, 6.07) is 0. The quantitative estimate of drug-likeness (QED) is 0.551. The Kier molecular flexibility index (Phi) is 6.51. The van der Waals surface area contributed by atoms with Gasteiger partial charge in [-0.1, -0.05) is 53.9 Å². The number of hydrogen-bond donors (Lipinski definition) is 0. The van der Waals surface area contributed by atoms with Crippen LogP contribution in [0.15, 0.2) is 0 Å². The van der Waals surface area contributed by atoms with Gasteiger partial charge in [-0.2, -0.15) is 0 Å². The molecule has 0 rings (SSSR count). The molecule has 1 unspecified atom stereocenters. The van der Waals surface area contributed by atoms with E-state index in [-0.39, 0.29) is 0 Å². The number of unbranched alkanes of at least 4 members (excludes halogenated alkanes) is 1. The smallest absolute Gasteiger partial charge is 0.0389 e. The van der Waals surface area contributed by atoms with Crippen LogP contribution in [0.2, 0.25) is 0 Å². The van der Waals surface area contributed by atoms with E-state index in [0.29, 0.717) is 0 Å². The Labute approximate surface area is 78.8 Å². The summed E-state index contributed by atoms with van der Waals surface area (Å²) in [7, 11) is 0. The predicted molar refractivity (Wildman–Crippen MR) is 57.3 cm³/mol. The average Bonchev–Trinajstić information content (AvgIpc) is 1.96. The van der Waals surface area contributed by atoms with E-state index in [2.05, 4.69) is 34.6 Å². The first kappa shape index (κ1) is 12.0. The van der Waals surface area contributed by atoms with Gasteiger partial charge in [0.15, 0.2) is 0 Å². The molecule has 0 heterocycles. The van der Waals surface area contributed by atoms with Crippen LogP contribution in [0.25, 0.3) is 0 Å². The molecule has 0 heteroatoms. The molecule has 0 aliphatic rings. The van der Waals surface area contributed by atoms with Crippen molar-refractivity contribution < 1.29 is 0 Å². The molecule has 0 saturated carbocycles. The molecule has 0 aromatic rings. The van der Waals surface area contributed by atoms with E-state index < -0.39 is 0 Å². The Hall–Kier alpha value is 0. The molecule has 0 aromatic heterocycles. The molecule has 0 saturated heterocycles. The second-order valence-electron chi connectivity index (χ2n) is 4.78. The Morgan fingerprint density at radius 2 is 1.58 bits per heavy atom. The molecular weight excluding hydrogens is 144 g/mol. The van der Waals surface area contributed by atoms with Crippen LogP contribution in [-0.2, 0) is 0 Å². The van der Waals surface area contributed by atoms with E-state index in [0.717, 1.165) is 17.8 Å². The zero-order valence-corrected chi connectivity index (χ0v) is 9.56. The third kappa shape index (κ3) is 5.62. The van der Waals surface area contributed by atoms with E-state index in [1.165, 1.54) is 25.7 Å². The van der Waals surface area contributed by atoms with Crippen LogP contribution in [0, 0.1) is 17.8 Å². The van der Waals surface area contributed by atoms with Gasteiger partial charge >= 0.3 is 0 Å². The van der Waals surface area contributed by atoms with Crippen LogP contribution in [0.3, 0.4) is 0 Å². The summed E-state index contributed by atoms with van der Waals surface area (Å²) >= 11 is 0. The molecule has 74 valence electrons. The van der Waals surface area contributed by atoms with Gasteiger partial charge in [0.25, 0.3) is 0 Å². The van der Waals surface area contributed by atoms with E-state index in [1.807, 2.05) is 0 Å². The third-order valence-electron chi connectivity index (χ3n) is 2.65. The SMILES string of the molecule is CCCCC(CC(C)C)C(C)C. The zero-order valence-electron chi connectivity index (χ0n) is 9.56. The highest BCUT2D eigenvalue weighted by Crippen LogP contribution is 2.25. The van der Waals surface area contributed by atoms with Crippen molar-refractivity contribution in [3.8, 4) is 0 Å². The highest BCUT2D eigenvalue weighted by molar-refractivity contribution is 4.64.